The van der Waals surface area contributed by atoms with Crippen LogP contribution in [-0.4, -0.2) is 34.3 Å². The number of aromatic nitrogens is 7. The second-order valence-electron chi connectivity index (χ2n) is 6.83. The molecular weight excluding hydrogens is 383 g/mol. The molecule has 0 atom stereocenters. The Morgan fingerprint density at radius 3 is 2.67 bits per heavy atom. The molecule has 1 N–H and O–H groups in total. The molecule has 1 aromatic carbocycles. The summed E-state index contributed by atoms with van der Waals surface area (Å²) < 4.78 is 16.9. The lowest BCUT2D eigenvalue weighted by molar-refractivity contribution is 0.626. The zero-order valence-corrected chi connectivity index (χ0v) is 16.1. The van der Waals surface area contributed by atoms with Crippen molar-refractivity contribution in [3.8, 4) is 22.6 Å². The number of benzene rings is 1. The Morgan fingerprint density at radius 1 is 1.00 bits per heavy atom. The largest absolute Gasteiger partial charge is 0.366 e. The molecule has 8 nitrogen and oxygen atoms in total. The number of imidazole rings is 1. The van der Waals surface area contributed by atoms with E-state index >= 15 is 0 Å². The van der Waals surface area contributed by atoms with Crippen LogP contribution in [0.3, 0.4) is 0 Å². The van der Waals surface area contributed by atoms with Crippen LogP contribution in [0.1, 0.15) is 5.56 Å². The van der Waals surface area contributed by atoms with Gasteiger partial charge in [-0.15, -0.1) is 5.10 Å². The first-order valence-corrected chi connectivity index (χ1v) is 9.30. The van der Waals surface area contributed by atoms with Gasteiger partial charge in [0.15, 0.2) is 0 Å². The minimum Gasteiger partial charge on any atom is -0.366 e. The van der Waals surface area contributed by atoms with Gasteiger partial charge in [0.05, 0.1) is 23.8 Å². The normalized spacial score (nSPS) is 11.1. The van der Waals surface area contributed by atoms with Gasteiger partial charge in [-0.1, -0.05) is 29.5 Å². The molecule has 0 fully saturated rings. The highest BCUT2D eigenvalue weighted by Crippen LogP contribution is 2.21. The second-order valence-corrected chi connectivity index (χ2v) is 6.83. The Balaban J connectivity index is 1.32. The van der Waals surface area contributed by atoms with Crippen molar-refractivity contribution in [1.29, 1.82) is 0 Å². The van der Waals surface area contributed by atoms with E-state index in [9.17, 15) is 4.39 Å². The second kappa shape index (κ2) is 7.36. The van der Waals surface area contributed by atoms with E-state index in [4.69, 9.17) is 0 Å². The predicted octanol–water partition coefficient (Wildman–Crippen LogP) is 3.34. The third-order valence-corrected chi connectivity index (χ3v) is 4.73. The van der Waals surface area contributed by atoms with Gasteiger partial charge in [-0.05, 0) is 11.6 Å². The molecule has 0 unspecified atom stereocenters. The fraction of sp³-hybridized carbons (Fsp3) is 0.0952. The summed E-state index contributed by atoms with van der Waals surface area (Å²) in [7, 11) is 1.84. The molecule has 0 saturated heterocycles. The summed E-state index contributed by atoms with van der Waals surface area (Å²) in [5.41, 5.74) is 4.95. The molecule has 0 saturated carbocycles. The molecule has 4 aromatic heterocycles. The summed E-state index contributed by atoms with van der Waals surface area (Å²) in [5, 5.41) is 11.4. The molecule has 9 heteroatoms. The molecule has 5 rings (SSSR count). The lowest BCUT2D eigenvalue weighted by Gasteiger charge is -2.08. The maximum Gasteiger partial charge on any atom is 0.140 e. The molecule has 0 aliphatic heterocycles. The Morgan fingerprint density at radius 2 is 1.87 bits per heavy atom. The third kappa shape index (κ3) is 3.48. The van der Waals surface area contributed by atoms with Gasteiger partial charge in [0.2, 0.25) is 0 Å². The summed E-state index contributed by atoms with van der Waals surface area (Å²) in [4.78, 5) is 12.9. The van der Waals surface area contributed by atoms with Crippen molar-refractivity contribution in [2.75, 3.05) is 5.32 Å². The van der Waals surface area contributed by atoms with Crippen molar-refractivity contribution >= 4 is 11.5 Å². The third-order valence-electron chi connectivity index (χ3n) is 4.73. The molecule has 0 bridgehead atoms. The first-order valence-electron chi connectivity index (χ1n) is 9.30. The van der Waals surface area contributed by atoms with Crippen LogP contribution in [0.2, 0.25) is 0 Å². The summed E-state index contributed by atoms with van der Waals surface area (Å²) in [6, 6.07) is 12.7. The van der Waals surface area contributed by atoms with Crippen LogP contribution in [0, 0.1) is 5.82 Å². The van der Waals surface area contributed by atoms with Crippen LogP contribution >= 0.6 is 0 Å². The highest BCUT2D eigenvalue weighted by Gasteiger charge is 2.09. The quantitative estimate of drug-likeness (QED) is 0.487. The molecule has 4 heterocycles. The fourth-order valence-corrected chi connectivity index (χ4v) is 3.20. The van der Waals surface area contributed by atoms with E-state index < -0.39 is 0 Å². The number of fused-ring (bicyclic) bond motifs is 1. The molecule has 0 radical (unpaired) electrons. The molecule has 148 valence electrons. The maximum absolute atomic E-state index is 13.4. The first kappa shape index (κ1) is 17.9. The Hall–Kier alpha value is -4.14. The van der Waals surface area contributed by atoms with E-state index in [1.807, 2.05) is 43.6 Å². The van der Waals surface area contributed by atoms with Crippen LogP contribution in [0.25, 0.3) is 28.3 Å². The van der Waals surface area contributed by atoms with E-state index in [1.165, 1.54) is 18.5 Å². The average Bonchev–Trinajstić information content (AvgIpc) is 3.39. The van der Waals surface area contributed by atoms with Gasteiger partial charge >= 0.3 is 0 Å². The number of rotatable bonds is 5. The monoisotopic (exact) mass is 400 g/mol. The molecule has 0 amide bonds. The van der Waals surface area contributed by atoms with Gasteiger partial charge in [0.25, 0.3) is 0 Å². The van der Waals surface area contributed by atoms with E-state index in [0.717, 1.165) is 22.5 Å². The van der Waals surface area contributed by atoms with Gasteiger partial charge in [-0.3, -0.25) is 9.08 Å². The Labute approximate surface area is 171 Å². The maximum atomic E-state index is 13.4. The molecule has 0 aliphatic carbocycles. The smallest absolute Gasteiger partial charge is 0.140 e. The molecular formula is C21H17FN8. The standard InChI is InChI=1S/C21H17FN8/c1-29-12-18(27-28-29)15-4-2-14(3-5-15)10-23-20-9-17(25-13-26-20)19-11-24-21-8-16(22)6-7-30(19)21/h2-9,11-13H,10H2,1H3,(H,23,25,26). The van der Waals surface area contributed by atoms with Gasteiger partial charge < -0.3 is 5.32 Å². The topological polar surface area (TPSA) is 85.8 Å². The molecule has 0 spiro atoms. The van der Waals surface area contributed by atoms with Crippen molar-refractivity contribution in [2.45, 2.75) is 6.54 Å². The Bertz CT molecular complexity index is 1320. The van der Waals surface area contributed by atoms with Crippen molar-refractivity contribution in [3.63, 3.8) is 0 Å². The molecule has 5 aromatic rings. The van der Waals surface area contributed by atoms with Crippen molar-refractivity contribution in [3.05, 3.63) is 78.8 Å². The van der Waals surface area contributed by atoms with Gasteiger partial charge in [-0.25, -0.2) is 19.3 Å². The Kier molecular flexibility index (Phi) is 4.40. The molecule has 30 heavy (non-hydrogen) atoms. The van der Waals surface area contributed by atoms with Crippen LogP contribution in [0.15, 0.2) is 67.4 Å². The average molecular weight is 400 g/mol. The van der Waals surface area contributed by atoms with Gasteiger partial charge in [-0.2, -0.15) is 0 Å². The van der Waals surface area contributed by atoms with Crippen LogP contribution in [0.4, 0.5) is 10.2 Å². The highest BCUT2D eigenvalue weighted by molar-refractivity contribution is 5.63. The summed E-state index contributed by atoms with van der Waals surface area (Å²) in [6.45, 7) is 0.607. The SMILES string of the molecule is Cn1cc(-c2ccc(CNc3cc(-c4cnc5cc(F)ccn45)ncn3)cc2)nn1. The minimum absolute atomic E-state index is 0.324. The summed E-state index contributed by atoms with van der Waals surface area (Å²) >= 11 is 0. The number of hydrogen-bond acceptors (Lipinski definition) is 6. The van der Waals surface area contributed by atoms with E-state index in [-0.39, 0.29) is 5.82 Å². The van der Waals surface area contributed by atoms with Crippen molar-refractivity contribution < 1.29 is 4.39 Å². The zero-order chi connectivity index (χ0) is 20.5. The lowest BCUT2D eigenvalue weighted by atomic mass is 10.1. The number of aryl methyl sites for hydroxylation is 1. The fourth-order valence-electron chi connectivity index (χ4n) is 3.20. The number of nitrogens with one attached hydrogen (secondary N) is 1. The van der Waals surface area contributed by atoms with E-state index in [2.05, 4.69) is 30.6 Å². The summed E-state index contributed by atoms with van der Waals surface area (Å²) in [5.74, 6) is 0.366. The number of halogens is 1. The van der Waals surface area contributed by atoms with Gasteiger partial charge in [0, 0.05) is 37.5 Å². The van der Waals surface area contributed by atoms with Crippen LogP contribution in [-0.2, 0) is 13.6 Å². The number of hydrogen-bond donors (Lipinski definition) is 1. The van der Waals surface area contributed by atoms with E-state index in [0.29, 0.717) is 23.7 Å². The number of anilines is 1. The van der Waals surface area contributed by atoms with Crippen molar-refractivity contribution in [2.24, 2.45) is 7.05 Å². The highest BCUT2D eigenvalue weighted by atomic mass is 19.1. The van der Waals surface area contributed by atoms with Crippen LogP contribution < -0.4 is 5.32 Å². The number of pyridine rings is 1. The lowest BCUT2D eigenvalue weighted by Crippen LogP contribution is -2.02. The van der Waals surface area contributed by atoms with Gasteiger partial charge in [0.1, 0.15) is 29.3 Å². The van der Waals surface area contributed by atoms with Crippen LogP contribution in [0.5, 0.6) is 0 Å². The molecule has 0 aliphatic rings. The van der Waals surface area contributed by atoms with Crippen molar-refractivity contribution in [1.82, 2.24) is 34.3 Å². The van der Waals surface area contributed by atoms with E-state index in [1.54, 1.807) is 21.5 Å². The number of nitrogens with zero attached hydrogens (tertiary/aromatic N) is 7. The minimum atomic E-state index is -0.324. The zero-order valence-electron chi connectivity index (χ0n) is 16.1. The summed E-state index contributed by atoms with van der Waals surface area (Å²) in [6.07, 6.45) is 6.69. The first-order chi connectivity index (χ1) is 14.7. The predicted molar refractivity (Wildman–Crippen MR) is 110 cm³/mol.